The first-order valence-electron chi connectivity index (χ1n) is 5.03. The van der Waals surface area contributed by atoms with Gasteiger partial charge in [-0.2, -0.15) is 0 Å². The molecule has 0 spiro atoms. The lowest BCUT2D eigenvalue weighted by atomic mass is 10.6. The van der Waals surface area contributed by atoms with Gasteiger partial charge >= 0.3 is 0 Å². The summed E-state index contributed by atoms with van der Waals surface area (Å²) in [4.78, 5) is 3.94. The zero-order valence-corrected chi connectivity index (χ0v) is 9.09. The molecule has 5 heteroatoms. The molecule has 0 aliphatic rings. The molecule has 0 saturated heterocycles. The molecular weight excluding hydrogens is 196 g/mol. The summed E-state index contributed by atoms with van der Waals surface area (Å²) < 4.78 is 17.4. The Hall–Kier alpha value is -0.910. The quantitative estimate of drug-likeness (QED) is 0.564. The van der Waals surface area contributed by atoms with Crippen molar-refractivity contribution in [2.45, 2.75) is 6.54 Å². The van der Waals surface area contributed by atoms with E-state index < -0.39 is 0 Å². The second kappa shape index (κ2) is 8.40. The van der Waals surface area contributed by atoms with Crippen molar-refractivity contribution in [2.75, 3.05) is 40.1 Å². The summed E-state index contributed by atoms with van der Waals surface area (Å²) in [6, 6.07) is 0. The predicted molar refractivity (Wildman–Crippen MR) is 55.7 cm³/mol. The minimum absolute atomic E-state index is 0.618. The fraction of sp³-hybridized carbons (Fsp3) is 0.700. The summed E-state index contributed by atoms with van der Waals surface area (Å²) in [7, 11) is 1.66. The maximum Gasteiger partial charge on any atom is 0.0946 e. The lowest BCUT2D eigenvalue weighted by Gasteiger charge is -2.05. The van der Waals surface area contributed by atoms with Crippen molar-refractivity contribution in [3.8, 4) is 0 Å². The van der Waals surface area contributed by atoms with E-state index in [9.17, 15) is 0 Å². The van der Waals surface area contributed by atoms with Gasteiger partial charge in [0.2, 0.25) is 0 Å². The van der Waals surface area contributed by atoms with E-state index >= 15 is 0 Å². The third kappa shape index (κ3) is 6.22. The van der Waals surface area contributed by atoms with Gasteiger partial charge in [0.15, 0.2) is 0 Å². The van der Waals surface area contributed by atoms with Crippen LogP contribution in [-0.4, -0.2) is 49.7 Å². The normalized spacial score (nSPS) is 10.7. The highest BCUT2D eigenvalue weighted by molar-refractivity contribution is 4.73. The van der Waals surface area contributed by atoms with Gasteiger partial charge in [-0.3, -0.25) is 0 Å². The van der Waals surface area contributed by atoms with E-state index in [-0.39, 0.29) is 0 Å². The van der Waals surface area contributed by atoms with Crippen molar-refractivity contribution >= 4 is 0 Å². The number of imidazole rings is 1. The molecule has 1 aromatic heterocycles. The van der Waals surface area contributed by atoms with Crippen LogP contribution in [0.2, 0.25) is 0 Å². The lowest BCUT2D eigenvalue weighted by molar-refractivity contribution is 0.0230. The van der Waals surface area contributed by atoms with E-state index in [1.807, 2.05) is 10.8 Å². The molecule has 0 unspecified atom stereocenters. The summed E-state index contributed by atoms with van der Waals surface area (Å²) in [5.41, 5.74) is 0. The molecule has 1 aromatic rings. The topological polar surface area (TPSA) is 45.5 Å². The van der Waals surface area contributed by atoms with Crippen molar-refractivity contribution in [1.82, 2.24) is 9.55 Å². The van der Waals surface area contributed by atoms with Gasteiger partial charge < -0.3 is 18.8 Å². The van der Waals surface area contributed by atoms with Crippen LogP contribution in [0.1, 0.15) is 0 Å². The van der Waals surface area contributed by atoms with Crippen molar-refractivity contribution < 1.29 is 14.2 Å². The Balaban J connectivity index is 1.81. The highest BCUT2D eigenvalue weighted by Gasteiger charge is 1.91. The average Bonchev–Trinajstić information content (AvgIpc) is 2.75. The van der Waals surface area contributed by atoms with Crippen LogP contribution in [0, 0.1) is 0 Å². The van der Waals surface area contributed by atoms with Crippen LogP contribution in [0.4, 0.5) is 0 Å². The van der Waals surface area contributed by atoms with Gasteiger partial charge in [-0.05, 0) is 0 Å². The Morgan fingerprint density at radius 1 is 1.07 bits per heavy atom. The molecule has 0 saturated carbocycles. The smallest absolute Gasteiger partial charge is 0.0946 e. The van der Waals surface area contributed by atoms with Crippen LogP contribution in [-0.2, 0) is 20.8 Å². The third-order valence-corrected chi connectivity index (χ3v) is 1.86. The highest BCUT2D eigenvalue weighted by atomic mass is 16.5. The third-order valence-electron chi connectivity index (χ3n) is 1.86. The number of hydrogen-bond donors (Lipinski definition) is 0. The van der Waals surface area contributed by atoms with E-state index in [1.54, 1.807) is 19.6 Å². The maximum absolute atomic E-state index is 5.37. The standard InChI is InChI=1S/C10H18N2O3/c1-13-6-7-15-9-8-14-5-4-12-3-2-11-10-12/h2-3,10H,4-9H2,1H3. The van der Waals surface area contributed by atoms with Gasteiger partial charge in [0.25, 0.3) is 0 Å². The molecule has 0 amide bonds. The molecule has 0 fully saturated rings. The van der Waals surface area contributed by atoms with Crippen LogP contribution in [0.3, 0.4) is 0 Å². The first-order chi connectivity index (χ1) is 7.43. The fourth-order valence-electron chi connectivity index (χ4n) is 1.05. The zero-order valence-electron chi connectivity index (χ0n) is 9.09. The Morgan fingerprint density at radius 3 is 2.47 bits per heavy atom. The highest BCUT2D eigenvalue weighted by Crippen LogP contribution is 1.87. The second-order valence-electron chi connectivity index (χ2n) is 3.02. The van der Waals surface area contributed by atoms with Crippen molar-refractivity contribution in [1.29, 1.82) is 0 Å². The molecular formula is C10H18N2O3. The second-order valence-corrected chi connectivity index (χ2v) is 3.02. The number of rotatable bonds is 9. The number of methoxy groups -OCH3 is 1. The van der Waals surface area contributed by atoms with E-state index in [1.165, 1.54) is 0 Å². The monoisotopic (exact) mass is 214 g/mol. The number of ether oxygens (including phenoxy) is 3. The minimum atomic E-state index is 0.618. The molecule has 1 rings (SSSR count). The molecule has 0 aliphatic heterocycles. The molecule has 0 N–H and O–H groups in total. The SMILES string of the molecule is COCCOCCOCCn1ccnc1. The van der Waals surface area contributed by atoms with Gasteiger partial charge in [0.1, 0.15) is 0 Å². The number of hydrogen-bond acceptors (Lipinski definition) is 4. The molecule has 0 radical (unpaired) electrons. The zero-order chi connectivity index (χ0) is 10.8. The van der Waals surface area contributed by atoms with E-state index in [0.29, 0.717) is 33.0 Å². The molecule has 0 aliphatic carbocycles. The van der Waals surface area contributed by atoms with Gasteiger partial charge in [-0.15, -0.1) is 0 Å². The van der Waals surface area contributed by atoms with Gasteiger partial charge in [0.05, 0.1) is 39.4 Å². The Bertz CT molecular complexity index is 227. The summed E-state index contributed by atoms with van der Waals surface area (Å²) in [5.74, 6) is 0. The van der Waals surface area contributed by atoms with Crippen LogP contribution >= 0.6 is 0 Å². The summed E-state index contributed by atoms with van der Waals surface area (Å²) >= 11 is 0. The molecule has 5 nitrogen and oxygen atoms in total. The van der Waals surface area contributed by atoms with E-state index in [2.05, 4.69) is 4.98 Å². The Labute approximate surface area is 90.0 Å². The minimum Gasteiger partial charge on any atom is -0.382 e. The summed E-state index contributed by atoms with van der Waals surface area (Å²) in [6.45, 7) is 4.02. The van der Waals surface area contributed by atoms with Gasteiger partial charge in [-0.1, -0.05) is 0 Å². The molecule has 0 bridgehead atoms. The average molecular weight is 214 g/mol. The van der Waals surface area contributed by atoms with Crippen LogP contribution in [0.5, 0.6) is 0 Å². The van der Waals surface area contributed by atoms with Crippen molar-refractivity contribution in [2.24, 2.45) is 0 Å². The van der Waals surface area contributed by atoms with E-state index in [4.69, 9.17) is 14.2 Å². The van der Waals surface area contributed by atoms with E-state index in [0.717, 1.165) is 6.54 Å². The van der Waals surface area contributed by atoms with Crippen molar-refractivity contribution in [3.63, 3.8) is 0 Å². The lowest BCUT2D eigenvalue weighted by Crippen LogP contribution is -2.11. The predicted octanol–water partition coefficient (Wildman–Crippen LogP) is 0.563. The Kier molecular flexibility index (Phi) is 6.81. The first kappa shape index (κ1) is 12.2. The fourth-order valence-corrected chi connectivity index (χ4v) is 1.05. The summed E-state index contributed by atoms with van der Waals surface area (Å²) in [5, 5.41) is 0. The molecule has 15 heavy (non-hydrogen) atoms. The van der Waals surface area contributed by atoms with Crippen molar-refractivity contribution in [3.05, 3.63) is 18.7 Å². The van der Waals surface area contributed by atoms with Crippen LogP contribution < -0.4 is 0 Å². The van der Waals surface area contributed by atoms with Gasteiger partial charge in [-0.25, -0.2) is 4.98 Å². The molecule has 0 aromatic carbocycles. The molecule has 86 valence electrons. The number of aromatic nitrogens is 2. The van der Waals surface area contributed by atoms with Crippen LogP contribution in [0.25, 0.3) is 0 Å². The first-order valence-corrected chi connectivity index (χ1v) is 5.03. The maximum atomic E-state index is 5.37. The largest absolute Gasteiger partial charge is 0.382 e. The molecule has 1 heterocycles. The Morgan fingerprint density at radius 2 is 1.80 bits per heavy atom. The molecule has 0 atom stereocenters. The summed E-state index contributed by atoms with van der Waals surface area (Å²) in [6.07, 6.45) is 5.45. The van der Waals surface area contributed by atoms with Crippen LogP contribution in [0.15, 0.2) is 18.7 Å². The number of nitrogens with zero attached hydrogens (tertiary/aromatic N) is 2. The van der Waals surface area contributed by atoms with Gasteiger partial charge in [0, 0.05) is 26.0 Å².